The van der Waals surface area contributed by atoms with Gasteiger partial charge in [0.15, 0.2) is 0 Å². The molecule has 1 saturated carbocycles. The molecule has 4 nitrogen and oxygen atoms in total. The number of hydrogen-bond donors (Lipinski definition) is 1. The minimum atomic E-state index is 0.00486. The molecule has 0 aromatic carbocycles. The maximum atomic E-state index is 11.9. The van der Waals surface area contributed by atoms with Crippen molar-refractivity contribution in [1.82, 2.24) is 10.2 Å². The third-order valence-electron chi connectivity index (χ3n) is 3.12. The smallest absolute Gasteiger partial charge is 0.309 e. The lowest BCUT2D eigenvalue weighted by atomic mass is 9.93. The highest BCUT2D eigenvalue weighted by Gasteiger charge is 2.26. The topological polar surface area (TPSA) is 49.4 Å². The van der Waals surface area contributed by atoms with E-state index in [1.165, 1.54) is 19.3 Å². The van der Waals surface area contributed by atoms with Crippen molar-refractivity contribution in [3.8, 4) is 0 Å². The van der Waals surface area contributed by atoms with Gasteiger partial charge in [-0.05, 0) is 26.7 Å². The van der Waals surface area contributed by atoms with Crippen molar-refractivity contribution >= 4 is 12.3 Å². The van der Waals surface area contributed by atoms with E-state index >= 15 is 0 Å². The number of carbonyl (C=O) groups is 1. The molecule has 1 rings (SSSR count). The average Bonchev–Trinajstić information content (AvgIpc) is 2.27. The van der Waals surface area contributed by atoms with Crippen LogP contribution in [0.1, 0.15) is 46.0 Å². The minimum Gasteiger partial charge on any atom is -0.339 e. The predicted octanol–water partition coefficient (Wildman–Crippen LogP) is 1.21. The molecule has 0 aromatic rings. The van der Waals surface area contributed by atoms with Crippen LogP contribution >= 0.6 is 0 Å². The molecule has 0 saturated heterocycles. The molecular formula is C12H21N2O2. The van der Waals surface area contributed by atoms with Crippen LogP contribution in [-0.2, 0) is 9.59 Å². The highest BCUT2D eigenvalue weighted by Crippen LogP contribution is 2.24. The molecule has 1 fully saturated rings. The molecule has 0 spiro atoms. The zero-order chi connectivity index (χ0) is 12.0. The first-order chi connectivity index (χ1) is 7.66. The molecule has 0 unspecified atom stereocenters. The molecular weight excluding hydrogens is 204 g/mol. The molecule has 0 heterocycles. The number of nitrogens with zero attached hydrogens (tertiary/aromatic N) is 1. The molecule has 16 heavy (non-hydrogen) atoms. The van der Waals surface area contributed by atoms with E-state index in [4.69, 9.17) is 0 Å². The van der Waals surface area contributed by atoms with E-state index in [1.54, 1.807) is 6.41 Å². The van der Waals surface area contributed by atoms with Crippen molar-refractivity contribution in [2.24, 2.45) is 0 Å². The van der Waals surface area contributed by atoms with E-state index in [2.05, 4.69) is 5.32 Å². The van der Waals surface area contributed by atoms with E-state index in [0.29, 0.717) is 6.04 Å². The van der Waals surface area contributed by atoms with Crippen LogP contribution in [0.15, 0.2) is 0 Å². The minimum absolute atomic E-state index is 0.00486. The number of hydrogen-bond acceptors (Lipinski definition) is 2. The van der Waals surface area contributed by atoms with Crippen LogP contribution < -0.4 is 5.32 Å². The second-order valence-electron chi connectivity index (χ2n) is 4.64. The number of carbonyl (C=O) groups excluding carboxylic acids is 2. The van der Waals surface area contributed by atoms with Crippen molar-refractivity contribution in [1.29, 1.82) is 0 Å². The molecule has 2 amide bonds. The number of nitrogens with one attached hydrogen (secondary N) is 1. The van der Waals surface area contributed by atoms with Gasteiger partial charge < -0.3 is 10.2 Å². The normalized spacial score (nSPS) is 17.2. The Hall–Kier alpha value is -1.06. The first-order valence-corrected chi connectivity index (χ1v) is 6.08. The summed E-state index contributed by atoms with van der Waals surface area (Å²) < 4.78 is 0. The van der Waals surface area contributed by atoms with E-state index in [9.17, 15) is 9.59 Å². The number of amides is 2. The Balaban J connectivity index is 2.57. The Bertz CT molecular complexity index is 235. The highest BCUT2D eigenvalue weighted by atomic mass is 16.2. The fourth-order valence-corrected chi connectivity index (χ4v) is 2.48. The van der Waals surface area contributed by atoms with Gasteiger partial charge in [0.1, 0.15) is 0 Å². The molecule has 4 heteroatoms. The van der Waals surface area contributed by atoms with Gasteiger partial charge in [-0.25, -0.2) is 0 Å². The van der Waals surface area contributed by atoms with E-state index in [1.807, 2.05) is 18.7 Å². The van der Waals surface area contributed by atoms with E-state index in [0.717, 1.165) is 12.8 Å². The maximum absolute atomic E-state index is 11.9. The van der Waals surface area contributed by atoms with Gasteiger partial charge in [-0.15, -0.1) is 0 Å². The summed E-state index contributed by atoms with van der Waals surface area (Å²) in [6, 6.07) is 0.554. The molecule has 0 aliphatic heterocycles. The molecule has 0 bridgehead atoms. The van der Waals surface area contributed by atoms with Crippen molar-refractivity contribution in [3.05, 3.63) is 0 Å². The summed E-state index contributed by atoms with van der Waals surface area (Å²) in [6.45, 7) is 4.12. The molecule has 91 valence electrons. The SMILES string of the molecule is CC(C)N(C(=O)CN[C]=O)C1CCCCC1. The quantitative estimate of drug-likeness (QED) is 0.715. The summed E-state index contributed by atoms with van der Waals surface area (Å²) in [5.74, 6) is 0.00486. The van der Waals surface area contributed by atoms with Gasteiger partial charge in [0.05, 0.1) is 6.54 Å². The van der Waals surface area contributed by atoms with E-state index < -0.39 is 0 Å². The standard InChI is InChI=1S/C12H21N2O2/c1-10(2)14(12(16)8-13-9-15)11-6-4-3-5-7-11/h10-11H,3-8H2,1-2H3,(H,13,15). The van der Waals surface area contributed by atoms with Crippen LogP contribution in [-0.4, -0.2) is 35.8 Å². The lowest BCUT2D eigenvalue weighted by Crippen LogP contribution is -2.48. The van der Waals surface area contributed by atoms with Crippen LogP contribution in [0, 0.1) is 0 Å². The van der Waals surface area contributed by atoms with Gasteiger partial charge in [0.2, 0.25) is 5.91 Å². The van der Waals surface area contributed by atoms with E-state index in [-0.39, 0.29) is 18.5 Å². The summed E-state index contributed by atoms with van der Waals surface area (Å²) in [5.41, 5.74) is 0. The Morgan fingerprint density at radius 2 is 2.00 bits per heavy atom. The molecule has 0 atom stereocenters. The lowest BCUT2D eigenvalue weighted by Gasteiger charge is -2.37. The van der Waals surface area contributed by atoms with Crippen molar-refractivity contribution < 1.29 is 9.59 Å². The van der Waals surface area contributed by atoms with Gasteiger partial charge in [-0.3, -0.25) is 9.59 Å². The van der Waals surface area contributed by atoms with Gasteiger partial charge >= 0.3 is 6.41 Å². The zero-order valence-electron chi connectivity index (χ0n) is 10.2. The Morgan fingerprint density at radius 3 is 2.50 bits per heavy atom. The summed E-state index contributed by atoms with van der Waals surface area (Å²) in [6.07, 6.45) is 7.41. The Kier molecular flexibility index (Phi) is 5.29. The molecule has 0 aromatic heterocycles. The third-order valence-corrected chi connectivity index (χ3v) is 3.12. The second kappa shape index (κ2) is 6.51. The van der Waals surface area contributed by atoms with Gasteiger partial charge in [0, 0.05) is 12.1 Å². The first kappa shape index (κ1) is 13.0. The van der Waals surface area contributed by atoms with Crippen molar-refractivity contribution in [2.45, 2.75) is 58.0 Å². The first-order valence-electron chi connectivity index (χ1n) is 6.08. The number of rotatable bonds is 5. The lowest BCUT2D eigenvalue weighted by molar-refractivity contribution is -0.135. The summed E-state index contributed by atoms with van der Waals surface area (Å²) in [7, 11) is 0. The molecule has 1 aliphatic rings. The van der Waals surface area contributed by atoms with Crippen LogP contribution in [0.4, 0.5) is 0 Å². The zero-order valence-corrected chi connectivity index (χ0v) is 10.2. The average molecular weight is 225 g/mol. The van der Waals surface area contributed by atoms with Crippen molar-refractivity contribution in [3.63, 3.8) is 0 Å². The van der Waals surface area contributed by atoms with Crippen LogP contribution in [0.3, 0.4) is 0 Å². The van der Waals surface area contributed by atoms with Crippen LogP contribution in [0.5, 0.6) is 0 Å². The molecule has 1 N–H and O–H groups in total. The van der Waals surface area contributed by atoms with Gasteiger partial charge in [-0.2, -0.15) is 0 Å². The van der Waals surface area contributed by atoms with Crippen LogP contribution in [0.25, 0.3) is 0 Å². The van der Waals surface area contributed by atoms with Gasteiger partial charge in [0.25, 0.3) is 0 Å². The third kappa shape index (κ3) is 3.51. The second-order valence-corrected chi connectivity index (χ2v) is 4.64. The largest absolute Gasteiger partial charge is 0.339 e. The van der Waals surface area contributed by atoms with Gasteiger partial charge in [-0.1, -0.05) is 19.3 Å². The fraction of sp³-hybridized carbons (Fsp3) is 0.833. The summed E-state index contributed by atoms with van der Waals surface area (Å²) in [5, 5.41) is 2.33. The highest BCUT2D eigenvalue weighted by molar-refractivity contribution is 5.80. The fourth-order valence-electron chi connectivity index (χ4n) is 2.48. The predicted molar refractivity (Wildman–Crippen MR) is 62.6 cm³/mol. The summed E-state index contributed by atoms with van der Waals surface area (Å²) in [4.78, 5) is 23.9. The van der Waals surface area contributed by atoms with Crippen molar-refractivity contribution in [2.75, 3.05) is 6.54 Å². The summed E-state index contributed by atoms with van der Waals surface area (Å²) >= 11 is 0. The Morgan fingerprint density at radius 1 is 1.38 bits per heavy atom. The van der Waals surface area contributed by atoms with Crippen LogP contribution in [0.2, 0.25) is 0 Å². The maximum Gasteiger partial charge on any atom is 0.309 e. The Labute approximate surface area is 97.4 Å². The molecule has 1 aliphatic carbocycles. The monoisotopic (exact) mass is 225 g/mol. The molecule has 1 radical (unpaired) electrons.